The van der Waals surface area contributed by atoms with Crippen LogP contribution in [0.4, 0.5) is 11.4 Å². The van der Waals surface area contributed by atoms with Crippen LogP contribution in [0, 0.1) is 17.0 Å². The molecule has 0 aliphatic rings. The van der Waals surface area contributed by atoms with Gasteiger partial charge in [-0.15, -0.1) is 0 Å². The predicted molar refractivity (Wildman–Crippen MR) is 100.0 cm³/mol. The fraction of sp³-hybridized carbons (Fsp3) is 0.263. The van der Waals surface area contributed by atoms with E-state index in [1.54, 1.807) is 12.1 Å². The van der Waals surface area contributed by atoms with Crippen LogP contribution in [-0.4, -0.2) is 21.6 Å². The first-order valence-corrected chi connectivity index (χ1v) is 8.52. The van der Waals surface area contributed by atoms with Gasteiger partial charge in [0.1, 0.15) is 5.69 Å². The zero-order chi connectivity index (χ0) is 18.5. The van der Waals surface area contributed by atoms with Crippen LogP contribution >= 0.6 is 0 Å². The van der Waals surface area contributed by atoms with E-state index in [1.165, 1.54) is 6.07 Å². The minimum Gasteiger partial charge on any atom is -0.379 e. The van der Waals surface area contributed by atoms with Crippen LogP contribution in [0.2, 0.25) is 0 Å². The molecule has 0 radical (unpaired) electrons. The minimum absolute atomic E-state index is 0.00564. The van der Waals surface area contributed by atoms with E-state index in [1.807, 2.05) is 31.2 Å². The molecule has 1 heterocycles. The number of hydrogen-bond donors (Lipinski definition) is 1. The number of rotatable bonds is 7. The third kappa shape index (κ3) is 3.88. The Hall–Kier alpha value is -3.22. The quantitative estimate of drug-likeness (QED) is 0.372. The Bertz CT molecular complexity index is 921. The molecule has 26 heavy (non-hydrogen) atoms. The minimum atomic E-state index is -0.407. The zero-order valence-corrected chi connectivity index (χ0v) is 14.7. The average Bonchev–Trinajstić information content (AvgIpc) is 3.12. The van der Waals surface area contributed by atoms with Gasteiger partial charge in [0.2, 0.25) is 5.82 Å². The van der Waals surface area contributed by atoms with Crippen LogP contribution in [0.25, 0.3) is 22.8 Å². The molecule has 0 aliphatic carbocycles. The second kappa shape index (κ2) is 7.77. The SMILES string of the molecule is CCCCNc1ccc(-c2nc(-c3cccc(C)c3)no2)cc1[N+](=O)[O-]. The molecule has 1 aromatic heterocycles. The van der Waals surface area contributed by atoms with E-state index in [0.29, 0.717) is 23.6 Å². The van der Waals surface area contributed by atoms with Crippen molar-refractivity contribution >= 4 is 11.4 Å². The Morgan fingerprint density at radius 3 is 2.77 bits per heavy atom. The predicted octanol–water partition coefficient (Wildman–Crippen LogP) is 4.83. The molecule has 0 amide bonds. The standard InChI is InChI=1S/C19H20N4O3/c1-3-4-10-20-16-9-8-15(12-17(16)23(24)25)19-21-18(22-26-19)14-7-5-6-13(2)11-14/h5-9,11-12,20H,3-4,10H2,1-2H3. The van der Waals surface area contributed by atoms with Gasteiger partial charge in [-0.25, -0.2) is 0 Å². The van der Waals surface area contributed by atoms with E-state index in [2.05, 4.69) is 22.4 Å². The average molecular weight is 352 g/mol. The molecule has 7 heteroatoms. The van der Waals surface area contributed by atoms with Gasteiger partial charge in [0.25, 0.3) is 11.6 Å². The maximum absolute atomic E-state index is 11.4. The molecule has 2 aromatic carbocycles. The summed E-state index contributed by atoms with van der Waals surface area (Å²) < 4.78 is 5.31. The molecule has 0 aliphatic heterocycles. The topological polar surface area (TPSA) is 94.1 Å². The molecule has 3 aromatic rings. The fourth-order valence-electron chi connectivity index (χ4n) is 2.61. The van der Waals surface area contributed by atoms with E-state index in [4.69, 9.17) is 4.52 Å². The lowest BCUT2D eigenvalue weighted by Crippen LogP contribution is -2.04. The number of nitro benzene ring substituents is 1. The van der Waals surface area contributed by atoms with E-state index < -0.39 is 4.92 Å². The third-order valence-corrected chi connectivity index (χ3v) is 3.99. The van der Waals surface area contributed by atoms with Gasteiger partial charge in [-0.05, 0) is 31.5 Å². The molecule has 0 spiro atoms. The number of hydrogen-bond acceptors (Lipinski definition) is 6. The number of nitrogens with one attached hydrogen (secondary N) is 1. The third-order valence-electron chi connectivity index (χ3n) is 3.99. The zero-order valence-electron chi connectivity index (χ0n) is 14.7. The Labute approximate surface area is 151 Å². The summed E-state index contributed by atoms with van der Waals surface area (Å²) in [5.41, 5.74) is 2.93. The van der Waals surface area contributed by atoms with Crippen molar-refractivity contribution in [2.24, 2.45) is 0 Å². The second-order valence-electron chi connectivity index (χ2n) is 6.06. The lowest BCUT2D eigenvalue weighted by atomic mass is 10.1. The van der Waals surface area contributed by atoms with Crippen molar-refractivity contribution in [2.75, 3.05) is 11.9 Å². The van der Waals surface area contributed by atoms with Crippen LogP contribution < -0.4 is 5.32 Å². The van der Waals surface area contributed by atoms with Gasteiger partial charge >= 0.3 is 0 Å². The van der Waals surface area contributed by atoms with Crippen molar-refractivity contribution in [3.05, 3.63) is 58.1 Å². The summed E-state index contributed by atoms with van der Waals surface area (Å²) in [4.78, 5) is 15.4. The van der Waals surface area contributed by atoms with Gasteiger partial charge in [0, 0.05) is 23.7 Å². The first-order chi connectivity index (χ1) is 12.6. The van der Waals surface area contributed by atoms with Crippen LogP contribution in [0.1, 0.15) is 25.3 Å². The van der Waals surface area contributed by atoms with E-state index in [9.17, 15) is 10.1 Å². The number of unbranched alkanes of at least 4 members (excludes halogenated alkanes) is 1. The summed E-state index contributed by atoms with van der Waals surface area (Å²) in [6, 6.07) is 12.6. The van der Waals surface area contributed by atoms with Crippen molar-refractivity contribution in [3.8, 4) is 22.8 Å². The van der Waals surface area contributed by atoms with Crippen LogP contribution in [-0.2, 0) is 0 Å². The molecular formula is C19H20N4O3. The first-order valence-electron chi connectivity index (χ1n) is 8.52. The largest absolute Gasteiger partial charge is 0.379 e. The van der Waals surface area contributed by atoms with Gasteiger partial charge in [0.15, 0.2) is 0 Å². The van der Waals surface area contributed by atoms with Crippen LogP contribution in [0.5, 0.6) is 0 Å². The van der Waals surface area contributed by atoms with Crippen LogP contribution in [0.3, 0.4) is 0 Å². The van der Waals surface area contributed by atoms with Crippen molar-refractivity contribution < 1.29 is 9.45 Å². The Kier molecular flexibility index (Phi) is 5.26. The van der Waals surface area contributed by atoms with Crippen molar-refractivity contribution in [1.29, 1.82) is 0 Å². The number of aryl methyl sites for hydroxylation is 1. The van der Waals surface area contributed by atoms with E-state index >= 15 is 0 Å². The van der Waals surface area contributed by atoms with Gasteiger partial charge < -0.3 is 9.84 Å². The molecule has 0 unspecified atom stereocenters. The number of aromatic nitrogens is 2. The number of nitro groups is 1. The number of benzene rings is 2. The highest BCUT2D eigenvalue weighted by molar-refractivity contribution is 5.70. The molecule has 1 N–H and O–H groups in total. The van der Waals surface area contributed by atoms with E-state index in [0.717, 1.165) is 24.0 Å². The lowest BCUT2D eigenvalue weighted by molar-refractivity contribution is -0.383. The molecule has 0 bridgehead atoms. The maximum atomic E-state index is 11.4. The summed E-state index contributed by atoms with van der Waals surface area (Å²) >= 11 is 0. The summed E-state index contributed by atoms with van der Waals surface area (Å²) in [5, 5.41) is 18.5. The molecule has 0 saturated heterocycles. The molecular weight excluding hydrogens is 332 g/mol. The van der Waals surface area contributed by atoms with Gasteiger partial charge in [-0.2, -0.15) is 4.98 Å². The molecule has 0 fully saturated rings. The molecule has 0 atom stereocenters. The fourth-order valence-corrected chi connectivity index (χ4v) is 2.61. The highest BCUT2D eigenvalue weighted by Gasteiger charge is 2.18. The first kappa shape index (κ1) is 17.6. The van der Waals surface area contributed by atoms with E-state index in [-0.39, 0.29) is 11.6 Å². The summed E-state index contributed by atoms with van der Waals surface area (Å²) in [6.45, 7) is 4.74. The van der Waals surface area contributed by atoms with Crippen LogP contribution in [0.15, 0.2) is 47.0 Å². The summed E-state index contributed by atoms with van der Waals surface area (Å²) in [7, 11) is 0. The van der Waals surface area contributed by atoms with Crippen molar-refractivity contribution in [2.45, 2.75) is 26.7 Å². The lowest BCUT2D eigenvalue weighted by Gasteiger charge is -2.06. The highest BCUT2D eigenvalue weighted by atomic mass is 16.6. The monoisotopic (exact) mass is 352 g/mol. The highest BCUT2D eigenvalue weighted by Crippen LogP contribution is 2.31. The Morgan fingerprint density at radius 1 is 1.19 bits per heavy atom. The summed E-state index contributed by atoms with van der Waals surface area (Å²) in [5.74, 6) is 0.709. The maximum Gasteiger partial charge on any atom is 0.293 e. The molecule has 3 rings (SSSR count). The van der Waals surface area contributed by atoms with Gasteiger partial charge in [-0.1, -0.05) is 42.3 Å². The smallest absolute Gasteiger partial charge is 0.293 e. The van der Waals surface area contributed by atoms with Crippen molar-refractivity contribution in [1.82, 2.24) is 10.1 Å². The van der Waals surface area contributed by atoms with Gasteiger partial charge in [-0.3, -0.25) is 10.1 Å². The van der Waals surface area contributed by atoms with Crippen molar-refractivity contribution in [3.63, 3.8) is 0 Å². The number of anilines is 1. The Balaban J connectivity index is 1.90. The van der Waals surface area contributed by atoms with Gasteiger partial charge in [0.05, 0.1) is 4.92 Å². The molecule has 7 nitrogen and oxygen atoms in total. The summed E-state index contributed by atoms with van der Waals surface area (Å²) in [6.07, 6.45) is 1.96. The Morgan fingerprint density at radius 2 is 2.04 bits per heavy atom. The molecule has 0 saturated carbocycles. The number of nitrogens with zero attached hydrogens (tertiary/aromatic N) is 3. The molecule has 134 valence electrons. The normalized spacial score (nSPS) is 10.7. The second-order valence-corrected chi connectivity index (χ2v) is 6.06.